The summed E-state index contributed by atoms with van der Waals surface area (Å²) in [7, 11) is 1.86. The summed E-state index contributed by atoms with van der Waals surface area (Å²) in [6.45, 7) is 0. The molecule has 0 saturated heterocycles. The van der Waals surface area contributed by atoms with Crippen molar-refractivity contribution in [2.45, 2.75) is 0 Å². The van der Waals surface area contributed by atoms with E-state index < -0.39 is 0 Å². The van der Waals surface area contributed by atoms with Gasteiger partial charge in [-0.15, -0.1) is 5.10 Å². The van der Waals surface area contributed by atoms with E-state index in [2.05, 4.69) is 20.3 Å². The van der Waals surface area contributed by atoms with Crippen molar-refractivity contribution in [2.75, 3.05) is 0 Å². The molecular formula is C9H7N5. The fourth-order valence-corrected chi connectivity index (χ4v) is 1.51. The Labute approximate surface area is 79.4 Å². The minimum atomic E-state index is 0.870. The molecule has 0 aliphatic rings. The van der Waals surface area contributed by atoms with Crippen LogP contribution in [0.15, 0.2) is 24.7 Å². The molecule has 1 aromatic carbocycles. The number of fused-ring (bicyclic) bond motifs is 2. The van der Waals surface area contributed by atoms with E-state index >= 15 is 0 Å². The second-order valence-electron chi connectivity index (χ2n) is 3.14. The molecule has 0 N–H and O–H groups in total. The monoisotopic (exact) mass is 185 g/mol. The lowest BCUT2D eigenvalue weighted by Crippen LogP contribution is -1.89. The van der Waals surface area contributed by atoms with E-state index in [0.717, 1.165) is 21.9 Å². The number of benzene rings is 1. The van der Waals surface area contributed by atoms with Crippen LogP contribution in [0.3, 0.4) is 0 Å². The second-order valence-corrected chi connectivity index (χ2v) is 3.14. The minimum absolute atomic E-state index is 0.870. The lowest BCUT2D eigenvalue weighted by molar-refractivity contribution is 0.736. The Hall–Kier alpha value is -2.04. The van der Waals surface area contributed by atoms with Gasteiger partial charge < -0.3 is 0 Å². The Balaban J connectivity index is 2.54. The summed E-state index contributed by atoms with van der Waals surface area (Å²) in [6, 6.07) is 3.91. The number of aromatic nitrogens is 5. The molecule has 0 aliphatic heterocycles. The highest BCUT2D eigenvalue weighted by atomic mass is 15.4. The van der Waals surface area contributed by atoms with Gasteiger partial charge in [0, 0.05) is 18.6 Å². The van der Waals surface area contributed by atoms with Crippen molar-refractivity contribution >= 4 is 21.9 Å². The quantitative estimate of drug-likeness (QED) is 0.522. The summed E-state index contributed by atoms with van der Waals surface area (Å²) in [5, 5.41) is 8.95. The first-order valence-corrected chi connectivity index (χ1v) is 4.24. The first kappa shape index (κ1) is 7.37. The van der Waals surface area contributed by atoms with E-state index in [9.17, 15) is 0 Å². The van der Waals surface area contributed by atoms with Crippen LogP contribution in [0.1, 0.15) is 0 Å². The predicted molar refractivity (Wildman–Crippen MR) is 51.6 cm³/mol. The lowest BCUT2D eigenvalue weighted by Gasteiger charge is -1.95. The van der Waals surface area contributed by atoms with Crippen molar-refractivity contribution in [3.63, 3.8) is 0 Å². The molecular weight excluding hydrogens is 178 g/mol. The highest BCUT2D eigenvalue weighted by Gasteiger charge is 2.03. The van der Waals surface area contributed by atoms with Gasteiger partial charge in [-0.05, 0) is 12.1 Å². The van der Waals surface area contributed by atoms with Crippen LogP contribution in [0.4, 0.5) is 0 Å². The van der Waals surface area contributed by atoms with Crippen molar-refractivity contribution in [2.24, 2.45) is 7.05 Å². The molecule has 2 aromatic heterocycles. The molecule has 5 nitrogen and oxygen atoms in total. The maximum Gasteiger partial charge on any atom is 0.116 e. The van der Waals surface area contributed by atoms with Crippen LogP contribution >= 0.6 is 0 Å². The van der Waals surface area contributed by atoms with Gasteiger partial charge in [-0.25, -0.2) is 14.6 Å². The summed E-state index contributed by atoms with van der Waals surface area (Å²) in [4.78, 5) is 8.13. The maximum absolute atomic E-state index is 4.17. The molecule has 0 bridgehead atoms. The Morgan fingerprint density at radius 2 is 2.14 bits per heavy atom. The SMILES string of the molecule is Cn1nnc2cc3cncnc3cc21. The highest BCUT2D eigenvalue weighted by Crippen LogP contribution is 2.17. The van der Waals surface area contributed by atoms with Gasteiger partial charge in [-0.1, -0.05) is 5.21 Å². The molecule has 0 amide bonds. The Kier molecular flexibility index (Phi) is 1.30. The normalized spacial score (nSPS) is 11.2. The van der Waals surface area contributed by atoms with E-state index in [1.54, 1.807) is 10.9 Å². The van der Waals surface area contributed by atoms with E-state index in [-0.39, 0.29) is 0 Å². The summed E-state index contributed by atoms with van der Waals surface area (Å²) in [5.74, 6) is 0. The zero-order valence-corrected chi connectivity index (χ0v) is 7.55. The number of rotatable bonds is 0. The van der Waals surface area contributed by atoms with Gasteiger partial charge in [0.25, 0.3) is 0 Å². The first-order valence-electron chi connectivity index (χ1n) is 4.24. The van der Waals surface area contributed by atoms with Crippen LogP contribution in [0, 0.1) is 0 Å². The highest BCUT2D eigenvalue weighted by molar-refractivity contribution is 5.92. The van der Waals surface area contributed by atoms with E-state index in [1.165, 1.54) is 6.33 Å². The fraction of sp³-hybridized carbons (Fsp3) is 0.111. The molecule has 2 heterocycles. The minimum Gasteiger partial charge on any atom is -0.248 e. The smallest absolute Gasteiger partial charge is 0.116 e. The number of nitrogens with zero attached hydrogens (tertiary/aromatic N) is 5. The van der Waals surface area contributed by atoms with Gasteiger partial charge >= 0.3 is 0 Å². The van der Waals surface area contributed by atoms with Crippen molar-refractivity contribution < 1.29 is 0 Å². The number of aryl methyl sites for hydroxylation is 1. The third kappa shape index (κ3) is 0.891. The molecule has 0 saturated carbocycles. The third-order valence-corrected chi connectivity index (χ3v) is 2.24. The van der Waals surface area contributed by atoms with E-state index in [0.29, 0.717) is 0 Å². The summed E-state index contributed by atoms with van der Waals surface area (Å²) in [5.41, 5.74) is 2.77. The molecule has 3 aromatic rings. The molecule has 0 fully saturated rings. The van der Waals surface area contributed by atoms with Gasteiger partial charge in [0.05, 0.1) is 11.0 Å². The van der Waals surface area contributed by atoms with Gasteiger partial charge in [0.2, 0.25) is 0 Å². The van der Waals surface area contributed by atoms with Gasteiger partial charge in [0.15, 0.2) is 0 Å². The summed E-state index contributed by atoms with van der Waals surface area (Å²) < 4.78 is 1.73. The zero-order chi connectivity index (χ0) is 9.54. The van der Waals surface area contributed by atoms with Crippen LogP contribution in [-0.2, 0) is 7.05 Å². The topological polar surface area (TPSA) is 56.5 Å². The zero-order valence-electron chi connectivity index (χ0n) is 7.55. The fourth-order valence-electron chi connectivity index (χ4n) is 1.51. The van der Waals surface area contributed by atoms with Gasteiger partial charge in [-0.3, -0.25) is 0 Å². The predicted octanol–water partition coefficient (Wildman–Crippen LogP) is 0.911. The molecule has 68 valence electrons. The van der Waals surface area contributed by atoms with Gasteiger partial charge in [-0.2, -0.15) is 0 Å². The Bertz CT molecular complexity index is 613. The lowest BCUT2D eigenvalue weighted by atomic mass is 10.2. The summed E-state index contributed by atoms with van der Waals surface area (Å²) in [6.07, 6.45) is 3.31. The van der Waals surface area contributed by atoms with Crippen LogP contribution in [0.2, 0.25) is 0 Å². The second kappa shape index (κ2) is 2.47. The van der Waals surface area contributed by atoms with Gasteiger partial charge in [0.1, 0.15) is 11.8 Å². The van der Waals surface area contributed by atoms with E-state index in [1.807, 2.05) is 19.2 Å². The van der Waals surface area contributed by atoms with Crippen molar-refractivity contribution in [3.05, 3.63) is 24.7 Å². The molecule has 0 unspecified atom stereocenters. The number of hydrogen-bond donors (Lipinski definition) is 0. The third-order valence-electron chi connectivity index (χ3n) is 2.24. The Morgan fingerprint density at radius 1 is 1.21 bits per heavy atom. The van der Waals surface area contributed by atoms with E-state index in [4.69, 9.17) is 0 Å². The van der Waals surface area contributed by atoms with Crippen LogP contribution in [0.25, 0.3) is 21.9 Å². The average molecular weight is 185 g/mol. The van der Waals surface area contributed by atoms with Crippen LogP contribution < -0.4 is 0 Å². The van der Waals surface area contributed by atoms with Crippen LogP contribution in [-0.4, -0.2) is 25.0 Å². The van der Waals surface area contributed by atoms with Crippen molar-refractivity contribution in [1.29, 1.82) is 0 Å². The largest absolute Gasteiger partial charge is 0.248 e. The standard InChI is InChI=1S/C9H7N5/c1-14-9-3-7-6(4-10-5-11-7)2-8(9)12-13-14/h2-5H,1H3. The molecule has 5 heteroatoms. The molecule has 0 radical (unpaired) electrons. The van der Waals surface area contributed by atoms with Crippen molar-refractivity contribution in [1.82, 2.24) is 25.0 Å². The first-order chi connectivity index (χ1) is 6.84. The maximum atomic E-state index is 4.17. The summed E-state index contributed by atoms with van der Waals surface area (Å²) >= 11 is 0. The Morgan fingerprint density at radius 3 is 3.07 bits per heavy atom. The average Bonchev–Trinajstić information content (AvgIpc) is 2.57. The van der Waals surface area contributed by atoms with Crippen molar-refractivity contribution in [3.8, 4) is 0 Å². The molecule has 3 rings (SSSR count). The molecule has 0 aliphatic carbocycles. The molecule has 0 atom stereocenters. The van der Waals surface area contributed by atoms with Crippen LogP contribution in [0.5, 0.6) is 0 Å². The molecule has 14 heavy (non-hydrogen) atoms. The molecule has 0 spiro atoms. The number of hydrogen-bond acceptors (Lipinski definition) is 4.